The summed E-state index contributed by atoms with van der Waals surface area (Å²) >= 11 is 0. The van der Waals surface area contributed by atoms with Crippen LogP contribution in [0.1, 0.15) is 40.5 Å². The number of hydrogen-bond donors (Lipinski definition) is 2. The van der Waals surface area contributed by atoms with Crippen LogP contribution in [0, 0.1) is 22.7 Å². The van der Waals surface area contributed by atoms with Crippen molar-refractivity contribution in [3.05, 3.63) is 0 Å². The second-order valence-electron chi connectivity index (χ2n) is 7.56. The van der Waals surface area contributed by atoms with Gasteiger partial charge in [0.15, 0.2) is 0 Å². The van der Waals surface area contributed by atoms with Gasteiger partial charge < -0.3 is 4.90 Å². The molecule has 1 atom stereocenters. The minimum absolute atomic E-state index is 0.0376. The van der Waals surface area contributed by atoms with Gasteiger partial charge in [-0.15, -0.1) is 0 Å². The van der Waals surface area contributed by atoms with E-state index in [9.17, 15) is 13.2 Å². The predicted octanol–water partition coefficient (Wildman–Crippen LogP) is 0.700. The third-order valence-corrected chi connectivity index (χ3v) is 6.24. The highest BCUT2D eigenvalue weighted by Crippen LogP contribution is 2.68. The van der Waals surface area contributed by atoms with Crippen molar-refractivity contribution in [3.63, 3.8) is 0 Å². The average Bonchev–Trinajstić information content (AvgIpc) is 2.76. The van der Waals surface area contributed by atoms with Gasteiger partial charge in [0.05, 0.1) is 0 Å². The average molecular weight is 317 g/mol. The van der Waals surface area contributed by atoms with Gasteiger partial charge in [-0.2, -0.15) is 8.42 Å². The molecule has 0 aromatic heterocycles. The van der Waals surface area contributed by atoms with Crippen molar-refractivity contribution in [1.82, 2.24) is 9.62 Å². The van der Waals surface area contributed by atoms with Crippen molar-refractivity contribution >= 4 is 16.1 Å². The van der Waals surface area contributed by atoms with Gasteiger partial charge in [0.25, 0.3) is 10.2 Å². The van der Waals surface area contributed by atoms with Gasteiger partial charge in [-0.25, -0.2) is 9.86 Å². The summed E-state index contributed by atoms with van der Waals surface area (Å²) in [6.07, 6.45) is 1.83. The Labute approximate surface area is 127 Å². The summed E-state index contributed by atoms with van der Waals surface area (Å²) in [6.45, 7) is 10.2. The zero-order chi connectivity index (χ0) is 16.1. The predicted molar refractivity (Wildman–Crippen MR) is 81.5 cm³/mol. The Morgan fingerprint density at radius 3 is 2.33 bits per heavy atom. The van der Waals surface area contributed by atoms with E-state index in [1.807, 2.05) is 4.90 Å². The highest BCUT2D eigenvalue weighted by atomic mass is 32.2. The number of hydrogen-bond acceptors (Lipinski definition) is 3. The number of nitrogens with one attached hydrogen (secondary N) is 1. The van der Waals surface area contributed by atoms with Crippen LogP contribution >= 0.6 is 0 Å². The molecular weight excluding hydrogens is 290 g/mol. The SMILES string of the molecule is CC1(C)C(C(=O)N2CCC[C@H](CNS(N)(=O)=O)C2)C1(C)C. The fourth-order valence-corrected chi connectivity index (χ4v) is 4.13. The maximum atomic E-state index is 12.7. The highest BCUT2D eigenvalue weighted by Gasteiger charge is 2.68. The Hall–Kier alpha value is -0.660. The molecule has 6 nitrogen and oxygen atoms in total. The van der Waals surface area contributed by atoms with Crippen molar-refractivity contribution < 1.29 is 13.2 Å². The molecular formula is C14H27N3O3S. The molecule has 7 heteroatoms. The van der Waals surface area contributed by atoms with Crippen LogP contribution < -0.4 is 9.86 Å². The van der Waals surface area contributed by atoms with E-state index in [1.165, 1.54) is 0 Å². The molecule has 1 aliphatic carbocycles. The Bertz CT molecular complexity index is 514. The molecule has 0 radical (unpaired) electrons. The van der Waals surface area contributed by atoms with Crippen LogP contribution in [-0.4, -0.2) is 38.9 Å². The molecule has 3 N–H and O–H groups in total. The number of piperidine rings is 1. The molecule has 0 unspecified atom stereocenters. The maximum Gasteiger partial charge on any atom is 0.274 e. The van der Waals surface area contributed by atoms with Gasteiger partial charge in [-0.1, -0.05) is 27.7 Å². The minimum Gasteiger partial charge on any atom is -0.342 e. The first kappa shape index (κ1) is 16.7. The van der Waals surface area contributed by atoms with E-state index in [-0.39, 0.29) is 28.6 Å². The molecule has 2 fully saturated rings. The van der Waals surface area contributed by atoms with Crippen LogP contribution in [0.2, 0.25) is 0 Å². The third kappa shape index (κ3) is 3.24. The lowest BCUT2D eigenvalue weighted by atomic mass is 9.97. The number of carbonyl (C=O) groups excluding carboxylic acids is 1. The van der Waals surface area contributed by atoms with E-state index in [1.54, 1.807) is 0 Å². The van der Waals surface area contributed by atoms with Crippen LogP contribution in [0.25, 0.3) is 0 Å². The van der Waals surface area contributed by atoms with Crippen molar-refractivity contribution in [1.29, 1.82) is 0 Å². The van der Waals surface area contributed by atoms with Gasteiger partial charge in [0, 0.05) is 25.6 Å². The van der Waals surface area contributed by atoms with E-state index in [2.05, 4.69) is 32.4 Å². The van der Waals surface area contributed by atoms with Crippen molar-refractivity contribution in [2.45, 2.75) is 40.5 Å². The molecule has 2 rings (SSSR count). The fraction of sp³-hybridized carbons (Fsp3) is 0.929. The van der Waals surface area contributed by atoms with Gasteiger partial charge in [-0.05, 0) is 29.6 Å². The monoisotopic (exact) mass is 317 g/mol. The number of rotatable bonds is 4. The van der Waals surface area contributed by atoms with Crippen molar-refractivity contribution in [2.24, 2.45) is 27.8 Å². The zero-order valence-electron chi connectivity index (χ0n) is 13.3. The zero-order valence-corrected chi connectivity index (χ0v) is 14.2. The highest BCUT2D eigenvalue weighted by molar-refractivity contribution is 7.87. The topological polar surface area (TPSA) is 92.5 Å². The quantitative estimate of drug-likeness (QED) is 0.799. The number of nitrogens with zero attached hydrogens (tertiary/aromatic N) is 1. The summed E-state index contributed by atoms with van der Waals surface area (Å²) in [6, 6.07) is 0. The van der Waals surface area contributed by atoms with Gasteiger partial charge in [0.2, 0.25) is 5.91 Å². The number of likely N-dealkylation sites (tertiary alicyclic amines) is 1. The smallest absolute Gasteiger partial charge is 0.274 e. The van der Waals surface area contributed by atoms with Crippen molar-refractivity contribution in [2.75, 3.05) is 19.6 Å². The molecule has 21 heavy (non-hydrogen) atoms. The van der Waals surface area contributed by atoms with Gasteiger partial charge in [-0.3, -0.25) is 4.79 Å². The Kier molecular flexibility index (Phi) is 4.14. The van der Waals surface area contributed by atoms with Gasteiger partial charge in [0.1, 0.15) is 0 Å². The Morgan fingerprint density at radius 2 is 1.86 bits per heavy atom. The molecule has 2 aliphatic rings. The van der Waals surface area contributed by atoms with Crippen LogP contribution in [0.15, 0.2) is 0 Å². The first-order valence-electron chi connectivity index (χ1n) is 7.53. The summed E-state index contributed by atoms with van der Waals surface area (Å²) in [5.41, 5.74) is 0.0751. The summed E-state index contributed by atoms with van der Waals surface area (Å²) in [5.74, 6) is 0.422. The van der Waals surface area contributed by atoms with E-state index in [0.29, 0.717) is 13.1 Å². The van der Waals surface area contributed by atoms with E-state index in [0.717, 1.165) is 19.4 Å². The normalized spacial score (nSPS) is 28.4. The molecule has 0 aromatic carbocycles. The number of nitrogens with two attached hydrogens (primary N) is 1. The molecule has 0 bridgehead atoms. The second-order valence-corrected chi connectivity index (χ2v) is 8.94. The van der Waals surface area contributed by atoms with Gasteiger partial charge >= 0.3 is 0 Å². The largest absolute Gasteiger partial charge is 0.342 e. The summed E-state index contributed by atoms with van der Waals surface area (Å²) < 4.78 is 24.3. The summed E-state index contributed by atoms with van der Waals surface area (Å²) in [5, 5.41) is 4.96. The Morgan fingerprint density at radius 1 is 1.29 bits per heavy atom. The molecule has 1 amide bonds. The molecule has 122 valence electrons. The number of amides is 1. The molecule has 0 spiro atoms. The van der Waals surface area contributed by atoms with Crippen LogP contribution in [-0.2, 0) is 15.0 Å². The summed E-state index contributed by atoms with van der Waals surface area (Å²) in [4.78, 5) is 14.6. The Balaban J connectivity index is 1.94. The molecule has 1 saturated heterocycles. The van der Waals surface area contributed by atoms with Crippen LogP contribution in [0.5, 0.6) is 0 Å². The first-order chi connectivity index (χ1) is 9.47. The number of carbonyl (C=O) groups is 1. The third-order valence-electron chi connectivity index (χ3n) is 5.67. The standard InChI is InChI=1S/C14H27N3O3S/c1-13(2)11(14(13,3)4)12(18)17-7-5-6-10(9-17)8-16-21(15,19)20/h10-11,16H,5-9H2,1-4H3,(H2,15,19,20)/t10-/m1/s1. The van der Waals surface area contributed by atoms with Crippen LogP contribution in [0.4, 0.5) is 0 Å². The van der Waals surface area contributed by atoms with E-state index < -0.39 is 10.2 Å². The fourth-order valence-electron chi connectivity index (χ4n) is 3.66. The van der Waals surface area contributed by atoms with Crippen molar-refractivity contribution in [3.8, 4) is 0 Å². The maximum absolute atomic E-state index is 12.7. The minimum atomic E-state index is -3.66. The van der Waals surface area contributed by atoms with Crippen LogP contribution in [0.3, 0.4) is 0 Å². The van der Waals surface area contributed by atoms with E-state index in [4.69, 9.17) is 5.14 Å². The second kappa shape index (κ2) is 5.21. The summed E-state index contributed by atoms with van der Waals surface area (Å²) in [7, 11) is -3.66. The molecule has 1 saturated carbocycles. The first-order valence-corrected chi connectivity index (χ1v) is 9.07. The molecule has 0 aromatic rings. The lowest BCUT2D eigenvalue weighted by molar-refractivity contribution is -0.135. The molecule has 1 heterocycles. The van der Waals surface area contributed by atoms with E-state index >= 15 is 0 Å². The lowest BCUT2D eigenvalue weighted by Crippen LogP contribution is -2.45. The lowest BCUT2D eigenvalue weighted by Gasteiger charge is -2.33. The molecule has 1 aliphatic heterocycles.